The second-order valence-electron chi connectivity index (χ2n) is 7.18. The number of nitrogens with zero attached hydrogens (tertiary/aromatic N) is 6. The zero-order valence-electron chi connectivity index (χ0n) is 16.4. The van der Waals surface area contributed by atoms with Crippen LogP contribution in [0, 0.1) is 0 Å². The summed E-state index contributed by atoms with van der Waals surface area (Å²) in [6.45, 7) is 3.06. The van der Waals surface area contributed by atoms with Crippen LogP contribution in [0.3, 0.4) is 0 Å². The molecule has 9 nitrogen and oxygen atoms in total. The first-order valence-corrected chi connectivity index (χ1v) is 9.20. The number of fused-ring (bicyclic) bond motifs is 2. The maximum atomic E-state index is 13.1. The maximum absolute atomic E-state index is 13.1. The Balaban J connectivity index is 1.68. The van der Waals surface area contributed by atoms with E-state index in [0.717, 1.165) is 22.9 Å². The third-order valence-electron chi connectivity index (χ3n) is 4.61. The highest BCUT2D eigenvalue weighted by molar-refractivity contribution is 5.90. The van der Waals surface area contributed by atoms with Gasteiger partial charge in [-0.3, -0.25) is 14.0 Å². The van der Waals surface area contributed by atoms with E-state index in [1.165, 1.54) is 18.7 Å². The van der Waals surface area contributed by atoms with Crippen molar-refractivity contribution in [1.29, 1.82) is 0 Å². The topological polar surface area (TPSA) is 107 Å². The van der Waals surface area contributed by atoms with Gasteiger partial charge in [-0.15, -0.1) is 10.2 Å². The number of hydrogen-bond donors (Lipinski definition) is 1. The molecule has 0 aliphatic heterocycles. The zero-order chi connectivity index (χ0) is 22.3. The summed E-state index contributed by atoms with van der Waals surface area (Å²) in [5, 5.41) is 14.4. The highest BCUT2D eigenvalue weighted by Crippen LogP contribution is 2.32. The van der Waals surface area contributed by atoms with Crippen LogP contribution in [0.2, 0.25) is 0 Å². The number of anilines is 1. The van der Waals surface area contributed by atoms with Gasteiger partial charge in [0.2, 0.25) is 5.91 Å². The van der Waals surface area contributed by atoms with E-state index in [1.807, 2.05) is 0 Å². The summed E-state index contributed by atoms with van der Waals surface area (Å²) in [7, 11) is 0. The molecule has 1 N–H and O–H groups in total. The molecule has 1 aromatic carbocycles. The molecule has 3 heterocycles. The van der Waals surface area contributed by atoms with Gasteiger partial charge in [-0.25, -0.2) is 9.67 Å². The lowest BCUT2D eigenvalue weighted by molar-refractivity contribution is -0.137. The third kappa shape index (κ3) is 3.96. The number of amides is 1. The molecule has 0 radical (unpaired) electrons. The molecule has 4 aromatic rings. The van der Waals surface area contributed by atoms with Crippen LogP contribution in [0.1, 0.15) is 31.0 Å². The lowest BCUT2D eigenvalue weighted by Gasteiger charge is -2.15. The van der Waals surface area contributed by atoms with Gasteiger partial charge in [0, 0.05) is 5.39 Å². The van der Waals surface area contributed by atoms with Crippen LogP contribution >= 0.6 is 0 Å². The summed E-state index contributed by atoms with van der Waals surface area (Å²) >= 11 is 0. The van der Waals surface area contributed by atoms with Gasteiger partial charge in [-0.1, -0.05) is 13.8 Å². The number of hydrogen-bond acceptors (Lipinski definition) is 6. The number of halogens is 3. The van der Waals surface area contributed by atoms with E-state index in [9.17, 15) is 22.8 Å². The molecule has 0 unspecified atom stereocenters. The van der Waals surface area contributed by atoms with Gasteiger partial charge >= 0.3 is 6.18 Å². The van der Waals surface area contributed by atoms with Crippen molar-refractivity contribution in [2.24, 2.45) is 0 Å². The van der Waals surface area contributed by atoms with E-state index in [1.54, 1.807) is 18.2 Å². The monoisotopic (exact) mass is 431 g/mol. The summed E-state index contributed by atoms with van der Waals surface area (Å²) < 4.78 is 41.8. The third-order valence-corrected chi connectivity index (χ3v) is 4.61. The number of carbonyl (C=O) groups excluding carboxylic acids is 1. The van der Waals surface area contributed by atoms with Crippen molar-refractivity contribution >= 4 is 28.1 Å². The van der Waals surface area contributed by atoms with Crippen LogP contribution in [0.25, 0.3) is 16.4 Å². The quantitative estimate of drug-likeness (QED) is 0.532. The Morgan fingerprint density at radius 1 is 1.23 bits per heavy atom. The van der Waals surface area contributed by atoms with Crippen molar-refractivity contribution in [2.75, 3.05) is 5.32 Å². The Hall–Kier alpha value is -3.83. The lowest BCUT2D eigenvalue weighted by Crippen LogP contribution is -2.31. The summed E-state index contributed by atoms with van der Waals surface area (Å²) in [6, 6.07) is 2.88. The maximum Gasteiger partial charge on any atom is 0.416 e. The predicted molar refractivity (Wildman–Crippen MR) is 105 cm³/mol. The molecule has 4 rings (SSSR count). The first kappa shape index (κ1) is 20.4. The summed E-state index contributed by atoms with van der Waals surface area (Å²) in [5.41, 5.74) is -0.748. The van der Waals surface area contributed by atoms with Crippen LogP contribution in [-0.4, -0.2) is 35.3 Å². The molecule has 31 heavy (non-hydrogen) atoms. The largest absolute Gasteiger partial charge is 0.416 e. The molecule has 160 valence electrons. The molecular weight excluding hydrogens is 415 g/mol. The Labute approximate surface area is 172 Å². The van der Waals surface area contributed by atoms with Crippen molar-refractivity contribution in [2.45, 2.75) is 32.5 Å². The fourth-order valence-electron chi connectivity index (χ4n) is 3.14. The molecule has 0 aliphatic rings. The van der Waals surface area contributed by atoms with Gasteiger partial charge in [-0.2, -0.15) is 18.3 Å². The Morgan fingerprint density at radius 2 is 2.00 bits per heavy atom. The van der Waals surface area contributed by atoms with Crippen LogP contribution in [0.5, 0.6) is 0 Å². The molecule has 12 heteroatoms. The molecular formula is C19H16F3N7O2. The minimum absolute atomic E-state index is 0.0588. The molecule has 0 saturated carbocycles. The van der Waals surface area contributed by atoms with Gasteiger partial charge in [0.25, 0.3) is 5.56 Å². The second-order valence-corrected chi connectivity index (χ2v) is 7.18. The first-order valence-electron chi connectivity index (χ1n) is 9.20. The number of rotatable bonds is 4. The SMILES string of the molecule is CC(C)c1nn(CC(=O)Nc2cn3cnnc3cn2)c(=O)c2ccc(C(F)(F)F)cc12. The van der Waals surface area contributed by atoms with E-state index in [4.69, 9.17) is 0 Å². The van der Waals surface area contributed by atoms with Gasteiger partial charge in [0.05, 0.1) is 29.0 Å². The minimum Gasteiger partial charge on any atom is -0.308 e. The molecule has 0 aliphatic carbocycles. The molecule has 0 spiro atoms. The predicted octanol–water partition coefficient (Wildman–Crippen LogP) is 2.62. The number of carbonyl (C=O) groups is 1. The first-order chi connectivity index (χ1) is 14.6. The van der Waals surface area contributed by atoms with Gasteiger partial charge in [-0.05, 0) is 24.1 Å². The molecule has 1 amide bonds. The fourth-order valence-corrected chi connectivity index (χ4v) is 3.14. The number of benzene rings is 1. The highest BCUT2D eigenvalue weighted by Gasteiger charge is 2.31. The minimum atomic E-state index is -4.55. The summed E-state index contributed by atoms with van der Waals surface area (Å²) in [6.07, 6.45) is -0.192. The van der Waals surface area contributed by atoms with Crippen LogP contribution in [0.4, 0.5) is 19.0 Å². The summed E-state index contributed by atoms with van der Waals surface area (Å²) in [4.78, 5) is 29.3. The van der Waals surface area contributed by atoms with Gasteiger partial charge in [0.1, 0.15) is 18.7 Å². The lowest BCUT2D eigenvalue weighted by atomic mass is 10.0. The molecule has 3 aromatic heterocycles. The van der Waals surface area contributed by atoms with Crippen molar-refractivity contribution in [3.05, 3.63) is 58.5 Å². The van der Waals surface area contributed by atoms with Crippen molar-refractivity contribution < 1.29 is 18.0 Å². The van der Waals surface area contributed by atoms with Crippen molar-refractivity contribution in [3.63, 3.8) is 0 Å². The molecule has 0 saturated heterocycles. The summed E-state index contributed by atoms with van der Waals surface area (Å²) in [5.74, 6) is -0.640. The van der Waals surface area contributed by atoms with Crippen LogP contribution in [-0.2, 0) is 17.5 Å². The van der Waals surface area contributed by atoms with Gasteiger partial charge in [0.15, 0.2) is 5.65 Å². The Morgan fingerprint density at radius 3 is 2.71 bits per heavy atom. The Bertz CT molecular complexity index is 1360. The van der Waals surface area contributed by atoms with Crippen LogP contribution in [0.15, 0.2) is 41.7 Å². The number of aromatic nitrogens is 6. The van der Waals surface area contributed by atoms with Crippen LogP contribution < -0.4 is 10.9 Å². The smallest absolute Gasteiger partial charge is 0.308 e. The van der Waals surface area contributed by atoms with E-state index < -0.39 is 29.8 Å². The average Bonchev–Trinajstić information content (AvgIpc) is 3.16. The fraction of sp³-hybridized carbons (Fsp3) is 0.263. The van der Waals surface area contributed by atoms with E-state index in [0.29, 0.717) is 5.65 Å². The Kier molecular flexibility index (Phi) is 4.91. The molecule has 0 atom stereocenters. The standard InChI is InChI=1S/C19H16F3N7O2/c1-10(2)17-13-5-11(19(20,21)22)3-4-12(13)18(31)29(27-17)8-16(30)25-14-7-28-9-24-26-15(28)6-23-14/h3-7,9-10H,8H2,1-2H3,(H,25,30). The van der Waals surface area contributed by atoms with E-state index >= 15 is 0 Å². The average molecular weight is 431 g/mol. The molecule has 0 fully saturated rings. The van der Waals surface area contributed by atoms with E-state index in [2.05, 4.69) is 25.6 Å². The zero-order valence-corrected chi connectivity index (χ0v) is 16.4. The highest BCUT2D eigenvalue weighted by atomic mass is 19.4. The van der Waals surface area contributed by atoms with E-state index in [-0.39, 0.29) is 28.2 Å². The second kappa shape index (κ2) is 7.45. The van der Waals surface area contributed by atoms with Crippen molar-refractivity contribution in [1.82, 2.24) is 29.4 Å². The number of nitrogens with one attached hydrogen (secondary N) is 1. The van der Waals surface area contributed by atoms with Crippen molar-refractivity contribution in [3.8, 4) is 0 Å². The molecule has 0 bridgehead atoms. The number of alkyl halides is 3. The normalized spacial score (nSPS) is 12.1. The van der Waals surface area contributed by atoms with Gasteiger partial charge < -0.3 is 5.32 Å².